The maximum absolute atomic E-state index is 12.7. The molecule has 0 radical (unpaired) electrons. The molecule has 1 N–H and O–H groups in total. The second-order valence-corrected chi connectivity index (χ2v) is 5.91. The Morgan fingerprint density at radius 3 is 2.56 bits per heavy atom. The molecule has 0 aliphatic carbocycles. The van der Waals surface area contributed by atoms with E-state index < -0.39 is 0 Å². The molecule has 0 aliphatic heterocycles. The predicted octanol–water partition coefficient (Wildman–Crippen LogP) is 5.52. The van der Waals surface area contributed by atoms with Crippen LogP contribution in [-0.4, -0.2) is 18.5 Å². The Balaban J connectivity index is 1.93. The zero-order valence-electron chi connectivity index (χ0n) is 13.2. The molecule has 0 unspecified atom stereocenters. The van der Waals surface area contributed by atoms with Gasteiger partial charge in [-0.2, -0.15) is 0 Å². The minimum absolute atomic E-state index is 0.349. The van der Waals surface area contributed by atoms with Gasteiger partial charge >= 0.3 is 0 Å². The molecular weight excluding hydrogens is 361 g/mol. The Morgan fingerprint density at radius 1 is 1.16 bits per heavy atom. The van der Waals surface area contributed by atoms with Gasteiger partial charge in [-0.05, 0) is 37.3 Å². The Morgan fingerprint density at radius 2 is 1.88 bits per heavy atom. The number of benzene rings is 2. The Hall–Kier alpha value is -2.63. The Bertz CT molecular complexity index is 1010. The molecule has 0 atom stereocenters. The highest BCUT2D eigenvalue weighted by Crippen LogP contribution is 2.34. The normalized spacial score (nSPS) is 11.8. The number of amides is 1. The second-order valence-electron chi connectivity index (χ2n) is 5.10. The van der Waals surface area contributed by atoms with Gasteiger partial charge in [-0.3, -0.25) is 4.79 Å². The van der Waals surface area contributed by atoms with E-state index in [0.717, 1.165) is 0 Å². The maximum Gasteiger partial charge on any atom is 0.260 e. The summed E-state index contributed by atoms with van der Waals surface area (Å²) in [6.45, 7) is 5.67. The fourth-order valence-corrected chi connectivity index (χ4v) is 2.66. The van der Waals surface area contributed by atoms with Crippen molar-refractivity contribution in [2.24, 2.45) is 9.98 Å². The van der Waals surface area contributed by atoms with Crippen LogP contribution in [-0.2, 0) is 0 Å². The summed E-state index contributed by atoms with van der Waals surface area (Å²) in [5.74, 6) is -0.349. The van der Waals surface area contributed by atoms with Crippen molar-refractivity contribution in [3.63, 3.8) is 0 Å². The second kappa shape index (κ2) is 7.09. The third-order valence-corrected chi connectivity index (χ3v) is 4.21. The van der Waals surface area contributed by atoms with Crippen LogP contribution in [0.25, 0.3) is 16.9 Å². The van der Waals surface area contributed by atoms with Gasteiger partial charge in [-0.25, -0.2) is 9.98 Å². The summed E-state index contributed by atoms with van der Waals surface area (Å²) in [6.07, 6.45) is 2.97. The molecule has 0 aliphatic rings. The first kappa shape index (κ1) is 17.2. The van der Waals surface area contributed by atoms with Gasteiger partial charge < -0.3 is 9.73 Å². The molecule has 1 amide bonds. The summed E-state index contributed by atoms with van der Waals surface area (Å²) in [6, 6.07) is 8.34. The molecule has 2 bridgehead atoms. The number of carbonyl (C=O) groups excluding carboxylic acids is 1. The van der Waals surface area contributed by atoms with E-state index in [9.17, 15) is 4.79 Å². The molecule has 25 heavy (non-hydrogen) atoms. The van der Waals surface area contributed by atoms with Gasteiger partial charge in [0.25, 0.3) is 5.91 Å². The minimum atomic E-state index is -0.349. The van der Waals surface area contributed by atoms with Crippen LogP contribution in [0.4, 0.5) is 5.69 Å². The third-order valence-electron chi connectivity index (χ3n) is 3.47. The lowest BCUT2D eigenvalue weighted by Crippen LogP contribution is -2.13. The van der Waals surface area contributed by atoms with Crippen molar-refractivity contribution < 1.29 is 9.21 Å². The predicted molar refractivity (Wildman–Crippen MR) is 104 cm³/mol. The van der Waals surface area contributed by atoms with Crippen LogP contribution in [0, 0.1) is 0 Å². The summed E-state index contributed by atoms with van der Waals surface area (Å²) in [7, 11) is 0. The van der Waals surface area contributed by atoms with E-state index in [-0.39, 0.29) is 5.91 Å². The van der Waals surface area contributed by atoms with Crippen LogP contribution in [0.2, 0.25) is 10.0 Å². The number of fused-ring (bicyclic) bond motifs is 2. The molecule has 2 aromatic heterocycles. The highest BCUT2D eigenvalue weighted by Gasteiger charge is 2.24. The average Bonchev–Trinajstić information content (AvgIpc) is 3.19. The zero-order valence-corrected chi connectivity index (χ0v) is 14.7. The molecular formula is C18H13Cl2N3O2. The number of anilines is 1. The summed E-state index contributed by atoms with van der Waals surface area (Å²) in [5, 5.41) is 3.54. The van der Waals surface area contributed by atoms with E-state index >= 15 is 0 Å². The van der Waals surface area contributed by atoms with Gasteiger partial charge in [0.1, 0.15) is 17.5 Å². The smallest absolute Gasteiger partial charge is 0.260 e. The molecule has 3 rings (SSSR count). The molecule has 0 fully saturated rings. The van der Waals surface area contributed by atoms with E-state index in [0.29, 0.717) is 43.7 Å². The lowest BCUT2D eigenvalue weighted by Gasteiger charge is -2.08. The summed E-state index contributed by atoms with van der Waals surface area (Å²) < 4.78 is 5.59. The van der Waals surface area contributed by atoms with Crippen molar-refractivity contribution in [2.75, 3.05) is 5.32 Å². The fourth-order valence-electron chi connectivity index (χ4n) is 2.37. The van der Waals surface area contributed by atoms with E-state index in [1.165, 1.54) is 6.34 Å². The number of nitrogens with zero attached hydrogens (tertiary/aromatic N) is 2. The molecule has 126 valence electrons. The number of carbonyl (C=O) groups is 1. The molecule has 0 spiro atoms. The summed E-state index contributed by atoms with van der Waals surface area (Å²) in [4.78, 5) is 20.8. The van der Waals surface area contributed by atoms with Crippen molar-refractivity contribution in [1.82, 2.24) is 0 Å². The number of aliphatic imine (C=N–C) groups is 2. The monoisotopic (exact) mass is 373 g/mol. The van der Waals surface area contributed by atoms with Crippen LogP contribution in [0.3, 0.4) is 0 Å². The standard InChI is InChI=1S/C18H13Cl2N3O2/c1-3-21-9-22-10(2)16-14-6-7-15(25-14)17(16)18(24)23-11-4-5-12(19)13(20)8-11/h3-9H,2H2,1H3,(H,23,24). The summed E-state index contributed by atoms with van der Waals surface area (Å²) >= 11 is 11.9. The van der Waals surface area contributed by atoms with Crippen molar-refractivity contribution in [2.45, 2.75) is 6.92 Å². The topological polar surface area (TPSA) is 67.0 Å². The molecule has 7 heteroatoms. The van der Waals surface area contributed by atoms with Gasteiger partial charge in [-0.1, -0.05) is 29.8 Å². The van der Waals surface area contributed by atoms with Crippen molar-refractivity contribution in [1.29, 1.82) is 0 Å². The molecule has 0 saturated carbocycles. The van der Waals surface area contributed by atoms with Gasteiger partial charge in [-0.15, -0.1) is 0 Å². The van der Waals surface area contributed by atoms with Gasteiger partial charge in [0.15, 0.2) is 0 Å². The summed E-state index contributed by atoms with van der Waals surface area (Å²) in [5.41, 5.74) is 2.81. The number of hydrogen-bond donors (Lipinski definition) is 1. The average molecular weight is 374 g/mol. The molecule has 1 aromatic carbocycles. The van der Waals surface area contributed by atoms with E-state index in [2.05, 4.69) is 21.9 Å². The highest BCUT2D eigenvalue weighted by atomic mass is 35.5. The number of furan rings is 2. The SMILES string of the molecule is C=C(N=CN=CC)c1c(C(=O)Nc2ccc(Cl)c(Cl)c2)c2ccc1o2. The number of halogens is 2. The van der Waals surface area contributed by atoms with Gasteiger partial charge in [0, 0.05) is 11.9 Å². The first-order chi connectivity index (χ1) is 12.0. The van der Waals surface area contributed by atoms with Gasteiger partial charge in [0.2, 0.25) is 0 Å². The molecule has 5 nitrogen and oxygen atoms in total. The van der Waals surface area contributed by atoms with Crippen LogP contribution in [0.5, 0.6) is 0 Å². The lowest BCUT2D eigenvalue weighted by atomic mass is 10.0. The third kappa shape index (κ3) is 3.43. The van der Waals surface area contributed by atoms with Crippen LogP contribution in [0.1, 0.15) is 22.8 Å². The van der Waals surface area contributed by atoms with Crippen LogP contribution in [0.15, 0.2) is 51.3 Å². The quantitative estimate of drug-likeness (QED) is 0.472. The first-order valence-electron chi connectivity index (χ1n) is 7.32. The minimum Gasteiger partial charge on any atom is -0.456 e. The number of hydrogen-bond acceptors (Lipinski definition) is 3. The van der Waals surface area contributed by atoms with Crippen molar-refractivity contribution in [3.8, 4) is 0 Å². The van der Waals surface area contributed by atoms with Crippen molar-refractivity contribution >= 4 is 64.2 Å². The molecule has 0 saturated heterocycles. The number of nitrogens with one attached hydrogen (secondary N) is 1. The van der Waals surface area contributed by atoms with Crippen LogP contribution >= 0.6 is 23.2 Å². The Labute approximate surface area is 154 Å². The Kier molecular flexibility index (Phi) is 4.88. The van der Waals surface area contributed by atoms with E-state index in [1.807, 2.05) is 0 Å². The fraction of sp³-hybridized carbons (Fsp3) is 0.0556. The largest absolute Gasteiger partial charge is 0.456 e. The van der Waals surface area contributed by atoms with E-state index in [4.69, 9.17) is 27.6 Å². The van der Waals surface area contributed by atoms with Crippen LogP contribution < -0.4 is 5.32 Å². The molecule has 3 aromatic rings. The van der Waals surface area contributed by atoms with Gasteiger partial charge in [0.05, 0.1) is 26.9 Å². The lowest BCUT2D eigenvalue weighted by molar-refractivity contribution is 0.102. The number of rotatable bonds is 5. The molecule has 2 heterocycles. The maximum atomic E-state index is 12.7. The highest BCUT2D eigenvalue weighted by molar-refractivity contribution is 6.42. The van der Waals surface area contributed by atoms with Crippen molar-refractivity contribution in [3.05, 3.63) is 58.1 Å². The first-order valence-corrected chi connectivity index (χ1v) is 8.07. The van der Waals surface area contributed by atoms with E-state index in [1.54, 1.807) is 43.5 Å². The zero-order chi connectivity index (χ0) is 18.0.